The van der Waals surface area contributed by atoms with Crippen LogP contribution in [0.15, 0.2) is 89.2 Å². The van der Waals surface area contributed by atoms with Gasteiger partial charge in [0.1, 0.15) is 17.4 Å². The summed E-state index contributed by atoms with van der Waals surface area (Å²) in [6, 6.07) is 23.3. The van der Waals surface area contributed by atoms with Crippen molar-refractivity contribution in [3.63, 3.8) is 0 Å². The van der Waals surface area contributed by atoms with E-state index in [0.717, 1.165) is 16.5 Å². The van der Waals surface area contributed by atoms with Gasteiger partial charge in [-0.05, 0) is 48.2 Å². The molecule has 2 N–H and O–H groups in total. The Kier molecular flexibility index (Phi) is 5.02. The number of nitrogens with zero attached hydrogens (tertiary/aromatic N) is 4. The van der Waals surface area contributed by atoms with E-state index < -0.39 is 0 Å². The summed E-state index contributed by atoms with van der Waals surface area (Å²) in [6.45, 7) is 0.307. The van der Waals surface area contributed by atoms with Crippen LogP contribution in [0, 0.1) is 0 Å². The summed E-state index contributed by atoms with van der Waals surface area (Å²) >= 11 is 1.43. The van der Waals surface area contributed by atoms with Crippen molar-refractivity contribution in [2.75, 3.05) is 5.73 Å². The van der Waals surface area contributed by atoms with Gasteiger partial charge in [-0.2, -0.15) is 0 Å². The van der Waals surface area contributed by atoms with Crippen LogP contribution in [0.3, 0.4) is 0 Å². The van der Waals surface area contributed by atoms with Gasteiger partial charge in [0.2, 0.25) is 5.16 Å². The van der Waals surface area contributed by atoms with E-state index in [0.29, 0.717) is 23.3 Å². The summed E-state index contributed by atoms with van der Waals surface area (Å²) in [5.41, 5.74) is 7.31. The molecule has 0 spiro atoms. The molecule has 4 rings (SSSR count). The Balaban J connectivity index is 1.65. The lowest BCUT2D eigenvalue weighted by molar-refractivity contribution is 0.293. The minimum Gasteiger partial charge on any atom is -0.486 e. The Labute approximate surface area is 161 Å². The van der Waals surface area contributed by atoms with Crippen LogP contribution >= 0.6 is 11.8 Å². The number of hydrogen-bond acceptors (Lipinski definition) is 6. The first-order valence-corrected chi connectivity index (χ1v) is 9.18. The van der Waals surface area contributed by atoms with Gasteiger partial charge >= 0.3 is 0 Å². The third-order valence-corrected chi connectivity index (χ3v) is 4.68. The number of ether oxygens (including phenoxy) is 1. The van der Waals surface area contributed by atoms with Crippen molar-refractivity contribution < 1.29 is 4.74 Å². The van der Waals surface area contributed by atoms with Crippen molar-refractivity contribution in [3.05, 3.63) is 84.8 Å². The lowest BCUT2D eigenvalue weighted by Crippen LogP contribution is -2.06. The number of rotatable bonds is 6. The van der Waals surface area contributed by atoms with E-state index in [4.69, 9.17) is 10.5 Å². The summed E-state index contributed by atoms with van der Waals surface area (Å²) < 4.78 is 7.85. The van der Waals surface area contributed by atoms with Crippen LogP contribution in [-0.2, 0) is 6.61 Å². The van der Waals surface area contributed by atoms with Crippen molar-refractivity contribution in [2.24, 2.45) is 0 Å². The van der Waals surface area contributed by atoms with E-state index in [9.17, 15) is 0 Å². The van der Waals surface area contributed by atoms with Gasteiger partial charge in [0.15, 0.2) is 5.82 Å². The predicted molar refractivity (Wildman–Crippen MR) is 105 cm³/mol. The average Bonchev–Trinajstić information content (AvgIpc) is 3.12. The lowest BCUT2D eigenvalue weighted by Gasteiger charge is -2.11. The molecule has 2 aromatic heterocycles. The summed E-state index contributed by atoms with van der Waals surface area (Å²) in [7, 11) is 0. The Morgan fingerprint density at radius 1 is 0.889 bits per heavy atom. The number of hydrogen-bond donors (Lipinski definition) is 1. The number of pyridine rings is 1. The average molecular weight is 375 g/mol. The standard InChI is InChI=1S/C20H17N5OS/c21-15-11-12-19(22-13-15)27-20-24-23-18(14-26-17-9-5-2-6-10-17)25(20)16-7-3-1-4-8-16/h1-13H,14,21H2. The first kappa shape index (κ1) is 17.1. The van der Waals surface area contributed by atoms with Crippen molar-refractivity contribution in [1.29, 1.82) is 0 Å². The zero-order chi connectivity index (χ0) is 18.5. The van der Waals surface area contributed by atoms with Crippen molar-refractivity contribution in [2.45, 2.75) is 16.8 Å². The molecular formula is C20H17N5OS. The van der Waals surface area contributed by atoms with Crippen LogP contribution in [0.2, 0.25) is 0 Å². The van der Waals surface area contributed by atoms with Gasteiger partial charge in [-0.15, -0.1) is 10.2 Å². The third-order valence-electron chi connectivity index (χ3n) is 3.78. The van der Waals surface area contributed by atoms with E-state index in [-0.39, 0.29) is 0 Å². The number of aromatic nitrogens is 4. The fourth-order valence-corrected chi connectivity index (χ4v) is 3.32. The Morgan fingerprint density at radius 2 is 1.63 bits per heavy atom. The summed E-state index contributed by atoms with van der Waals surface area (Å²) in [5, 5.41) is 10.2. The molecule has 7 heteroatoms. The highest BCUT2D eigenvalue weighted by molar-refractivity contribution is 7.99. The second-order valence-corrected chi connectivity index (χ2v) is 6.69. The van der Waals surface area contributed by atoms with Crippen molar-refractivity contribution in [1.82, 2.24) is 19.7 Å². The molecule has 0 saturated carbocycles. The first-order valence-electron chi connectivity index (χ1n) is 8.36. The van der Waals surface area contributed by atoms with Crippen molar-refractivity contribution in [3.8, 4) is 11.4 Å². The van der Waals surface area contributed by atoms with Crippen LogP contribution in [0.25, 0.3) is 5.69 Å². The molecule has 0 radical (unpaired) electrons. The normalized spacial score (nSPS) is 10.7. The number of nitrogens with two attached hydrogens (primary N) is 1. The molecule has 0 fully saturated rings. The smallest absolute Gasteiger partial charge is 0.202 e. The lowest BCUT2D eigenvalue weighted by atomic mass is 10.3. The molecule has 6 nitrogen and oxygen atoms in total. The first-order chi connectivity index (χ1) is 13.3. The number of benzene rings is 2. The molecular weight excluding hydrogens is 358 g/mol. The maximum Gasteiger partial charge on any atom is 0.202 e. The highest BCUT2D eigenvalue weighted by atomic mass is 32.2. The van der Waals surface area contributed by atoms with Crippen LogP contribution in [-0.4, -0.2) is 19.7 Å². The van der Waals surface area contributed by atoms with Gasteiger partial charge < -0.3 is 10.5 Å². The van der Waals surface area contributed by atoms with Gasteiger partial charge in [0.25, 0.3) is 0 Å². The third kappa shape index (κ3) is 4.09. The van der Waals surface area contributed by atoms with Crippen molar-refractivity contribution >= 4 is 17.4 Å². The molecule has 0 saturated heterocycles. The maximum atomic E-state index is 5.87. The molecule has 0 aliphatic rings. The Hall–Kier alpha value is -3.32. The zero-order valence-corrected chi connectivity index (χ0v) is 15.2. The molecule has 4 aromatic rings. The molecule has 0 amide bonds. The minimum absolute atomic E-state index is 0.307. The maximum absolute atomic E-state index is 5.87. The Morgan fingerprint density at radius 3 is 2.33 bits per heavy atom. The van der Waals surface area contributed by atoms with Gasteiger partial charge in [-0.1, -0.05) is 36.4 Å². The molecule has 0 atom stereocenters. The largest absolute Gasteiger partial charge is 0.486 e. The van der Waals surface area contributed by atoms with Gasteiger partial charge in [-0.25, -0.2) is 4.98 Å². The van der Waals surface area contributed by atoms with Gasteiger partial charge in [0, 0.05) is 5.69 Å². The van der Waals surface area contributed by atoms with Crippen LogP contribution in [0.1, 0.15) is 5.82 Å². The molecule has 2 aromatic carbocycles. The highest BCUT2D eigenvalue weighted by Crippen LogP contribution is 2.28. The Bertz CT molecular complexity index is 1000. The van der Waals surface area contributed by atoms with E-state index in [1.54, 1.807) is 6.20 Å². The SMILES string of the molecule is Nc1ccc(Sc2nnc(COc3ccccc3)n2-c2ccccc2)nc1. The quantitative estimate of drug-likeness (QED) is 0.549. The van der Waals surface area contributed by atoms with E-state index in [2.05, 4.69) is 15.2 Å². The zero-order valence-electron chi connectivity index (χ0n) is 14.4. The molecule has 0 bridgehead atoms. The fraction of sp³-hybridized carbons (Fsp3) is 0.0500. The number of anilines is 1. The summed E-state index contributed by atoms with van der Waals surface area (Å²) in [6.07, 6.45) is 1.63. The van der Waals surface area contributed by atoms with Gasteiger partial charge in [0.05, 0.1) is 11.9 Å². The molecule has 134 valence electrons. The minimum atomic E-state index is 0.307. The summed E-state index contributed by atoms with van der Waals surface area (Å²) in [5.74, 6) is 1.50. The van der Waals surface area contributed by atoms with E-state index >= 15 is 0 Å². The topological polar surface area (TPSA) is 78.9 Å². The monoisotopic (exact) mass is 375 g/mol. The molecule has 2 heterocycles. The highest BCUT2D eigenvalue weighted by Gasteiger charge is 2.16. The van der Waals surface area contributed by atoms with Gasteiger partial charge in [-0.3, -0.25) is 4.57 Å². The fourth-order valence-electron chi connectivity index (χ4n) is 2.51. The molecule has 27 heavy (non-hydrogen) atoms. The summed E-state index contributed by atoms with van der Waals surface area (Å²) in [4.78, 5) is 4.34. The predicted octanol–water partition coefficient (Wildman–Crippen LogP) is 3.97. The molecule has 0 unspecified atom stereocenters. The second-order valence-electron chi connectivity index (χ2n) is 5.70. The van der Waals surface area contributed by atoms with Crippen LogP contribution in [0.5, 0.6) is 5.75 Å². The molecule has 0 aliphatic heterocycles. The van der Waals surface area contributed by atoms with E-state index in [1.807, 2.05) is 77.4 Å². The second kappa shape index (κ2) is 7.92. The number of nitrogen functional groups attached to an aromatic ring is 1. The number of para-hydroxylation sites is 2. The van der Waals surface area contributed by atoms with E-state index in [1.165, 1.54) is 11.8 Å². The molecule has 0 aliphatic carbocycles. The van der Waals surface area contributed by atoms with Crippen LogP contribution in [0.4, 0.5) is 5.69 Å². The van der Waals surface area contributed by atoms with Crippen LogP contribution < -0.4 is 10.5 Å².